The Bertz CT molecular complexity index is 413. The number of carbonyl (C=O) groups is 1. The summed E-state index contributed by atoms with van der Waals surface area (Å²) in [5.74, 6) is 0.220. The van der Waals surface area contributed by atoms with Crippen LogP contribution in [0.25, 0.3) is 0 Å². The molecule has 0 heterocycles. The highest BCUT2D eigenvalue weighted by atomic mass is 16.1. The van der Waals surface area contributed by atoms with Gasteiger partial charge in [0.25, 0.3) is 0 Å². The maximum absolute atomic E-state index is 11.5. The van der Waals surface area contributed by atoms with E-state index in [4.69, 9.17) is 0 Å². The zero-order valence-electron chi connectivity index (χ0n) is 9.34. The Morgan fingerprint density at radius 2 is 1.87 bits per heavy atom. The third-order valence-electron chi connectivity index (χ3n) is 3.54. The van der Waals surface area contributed by atoms with E-state index < -0.39 is 0 Å². The summed E-state index contributed by atoms with van der Waals surface area (Å²) >= 11 is 0. The SMILES string of the molecule is C=C1C(=O)CC[C@@]1(C)c1ccc(C)cc1. The lowest BCUT2D eigenvalue weighted by atomic mass is 9.78. The maximum Gasteiger partial charge on any atom is 0.159 e. The van der Waals surface area contributed by atoms with Crippen LogP contribution in [0.4, 0.5) is 0 Å². The van der Waals surface area contributed by atoms with Crippen molar-refractivity contribution in [1.82, 2.24) is 0 Å². The summed E-state index contributed by atoms with van der Waals surface area (Å²) in [6.45, 7) is 8.12. The van der Waals surface area contributed by atoms with E-state index in [-0.39, 0.29) is 11.2 Å². The molecule has 0 spiro atoms. The van der Waals surface area contributed by atoms with Gasteiger partial charge in [0.2, 0.25) is 0 Å². The Hall–Kier alpha value is -1.37. The van der Waals surface area contributed by atoms with Crippen LogP contribution in [0.5, 0.6) is 0 Å². The van der Waals surface area contributed by atoms with Crippen LogP contribution in [-0.4, -0.2) is 5.78 Å². The van der Waals surface area contributed by atoms with Crippen LogP contribution in [0.2, 0.25) is 0 Å². The van der Waals surface area contributed by atoms with Crippen molar-refractivity contribution in [3.05, 3.63) is 47.5 Å². The molecule has 78 valence electrons. The van der Waals surface area contributed by atoms with Gasteiger partial charge in [-0.25, -0.2) is 0 Å². The lowest BCUT2D eigenvalue weighted by molar-refractivity contribution is -0.114. The highest BCUT2D eigenvalue weighted by Crippen LogP contribution is 2.42. The van der Waals surface area contributed by atoms with Crippen LogP contribution < -0.4 is 0 Å². The van der Waals surface area contributed by atoms with Gasteiger partial charge in [-0.3, -0.25) is 4.79 Å². The second kappa shape index (κ2) is 3.34. The number of carbonyl (C=O) groups excluding carboxylic acids is 1. The number of hydrogen-bond donors (Lipinski definition) is 0. The number of benzene rings is 1. The van der Waals surface area contributed by atoms with Gasteiger partial charge >= 0.3 is 0 Å². The smallest absolute Gasteiger partial charge is 0.159 e. The molecule has 0 N–H and O–H groups in total. The van der Waals surface area contributed by atoms with Gasteiger partial charge in [-0.1, -0.05) is 43.3 Å². The highest BCUT2D eigenvalue weighted by Gasteiger charge is 2.39. The van der Waals surface area contributed by atoms with E-state index in [9.17, 15) is 4.79 Å². The van der Waals surface area contributed by atoms with Gasteiger partial charge in [0.1, 0.15) is 0 Å². The molecule has 0 unspecified atom stereocenters. The Kier molecular flexibility index (Phi) is 2.26. The predicted octanol–water partition coefficient (Wildman–Crippen LogP) is 3.17. The summed E-state index contributed by atoms with van der Waals surface area (Å²) < 4.78 is 0. The molecule has 0 saturated heterocycles. The molecule has 0 aliphatic heterocycles. The average Bonchev–Trinajstić information content (AvgIpc) is 2.48. The molecule has 1 aromatic carbocycles. The van der Waals surface area contributed by atoms with Crippen molar-refractivity contribution in [1.29, 1.82) is 0 Å². The largest absolute Gasteiger partial charge is 0.295 e. The Balaban J connectivity index is 2.42. The summed E-state index contributed by atoms with van der Waals surface area (Å²) in [6.07, 6.45) is 1.54. The van der Waals surface area contributed by atoms with Crippen molar-refractivity contribution in [3.63, 3.8) is 0 Å². The average molecular weight is 200 g/mol. The summed E-state index contributed by atoms with van der Waals surface area (Å²) in [5, 5.41) is 0. The van der Waals surface area contributed by atoms with Crippen molar-refractivity contribution >= 4 is 5.78 Å². The molecule has 0 amide bonds. The van der Waals surface area contributed by atoms with Crippen LogP contribution in [0.15, 0.2) is 36.4 Å². The minimum Gasteiger partial charge on any atom is -0.295 e. The fraction of sp³-hybridized carbons (Fsp3) is 0.357. The lowest BCUT2D eigenvalue weighted by Crippen LogP contribution is -2.20. The van der Waals surface area contributed by atoms with E-state index in [1.54, 1.807) is 0 Å². The molecule has 1 heteroatoms. The second-order valence-corrected chi connectivity index (χ2v) is 4.60. The highest BCUT2D eigenvalue weighted by molar-refractivity contribution is 6.00. The number of Topliss-reactive ketones (excluding diaryl/α,β-unsaturated/α-hetero) is 1. The maximum atomic E-state index is 11.5. The molecular weight excluding hydrogens is 184 g/mol. The first-order valence-electron chi connectivity index (χ1n) is 5.34. The van der Waals surface area contributed by atoms with Crippen molar-refractivity contribution in [3.8, 4) is 0 Å². The molecule has 0 bridgehead atoms. The minimum atomic E-state index is -0.134. The van der Waals surface area contributed by atoms with Crippen molar-refractivity contribution in [2.45, 2.75) is 32.1 Å². The number of hydrogen-bond acceptors (Lipinski definition) is 1. The standard InChI is InChI=1S/C14H16O/c1-10-4-6-12(7-5-10)14(3)9-8-13(15)11(14)2/h4-7H,2,8-9H2,1,3H3/t14-/m1/s1. The topological polar surface area (TPSA) is 17.1 Å². The number of ketones is 1. The summed E-state index contributed by atoms with van der Waals surface area (Å²) in [4.78, 5) is 11.5. The Morgan fingerprint density at radius 3 is 2.33 bits per heavy atom. The third-order valence-corrected chi connectivity index (χ3v) is 3.54. The number of allylic oxidation sites excluding steroid dienone is 1. The molecule has 1 aromatic rings. The molecular formula is C14H16O. The Labute approximate surface area is 90.8 Å². The van der Waals surface area contributed by atoms with Crippen LogP contribution in [0.1, 0.15) is 30.9 Å². The van der Waals surface area contributed by atoms with Crippen molar-refractivity contribution in [2.24, 2.45) is 0 Å². The van der Waals surface area contributed by atoms with Gasteiger partial charge in [0.15, 0.2) is 5.78 Å². The first-order chi connectivity index (χ1) is 7.04. The normalized spacial score (nSPS) is 26.0. The van der Waals surface area contributed by atoms with Crippen molar-refractivity contribution in [2.75, 3.05) is 0 Å². The molecule has 1 aliphatic carbocycles. The third kappa shape index (κ3) is 1.52. The molecule has 1 aliphatic rings. The van der Waals surface area contributed by atoms with E-state index in [1.165, 1.54) is 11.1 Å². The lowest BCUT2D eigenvalue weighted by Gasteiger charge is -2.25. The van der Waals surface area contributed by atoms with Crippen LogP contribution in [-0.2, 0) is 10.2 Å². The fourth-order valence-corrected chi connectivity index (χ4v) is 2.21. The molecule has 1 nitrogen and oxygen atoms in total. The van der Waals surface area contributed by atoms with Gasteiger partial charge in [-0.2, -0.15) is 0 Å². The van der Waals surface area contributed by atoms with Gasteiger partial charge in [0.05, 0.1) is 0 Å². The van der Waals surface area contributed by atoms with Gasteiger partial charge in [-0.15, -0.1) is 0 Å². The number of aryl methyl sites for hydroxylation is 1. The van der Waals surface area contributed by atoms with E-state index in [2.05, 4.69) is 44.7 Å². The van der Waals surface area contributed by atoms with E-state index in [0.29, 0.717) is 6.42 Å². The van der Waals surface area contributed by atoms with Gasteiger partial charge < -0.3 is 0 Å². The zero-order valence-corrected chi connectivity index (χ0v) is 9.34. The number of rotatable bonds is 1. The Morgan fingerprint density at radius 1 is 1.27 bits per heavy atom. The minimum absolute atomic E-state index is 0.134. The first kappa shape index (κ1) is 10.2. The molecule has 2 rings (SSSR count). The monoisotopic (exact) mass is 200 g/mol. The quantitative estimate of drug-likeness (QED) is 0.636. The molecule has 0 aromatic heterocycles. The van der Waals surface area contributed by atoms with Crippen LogP contribution in [0.3, 0.4) is 0 Å². The molecule has 15 heavy (non-hydrogen) atoms. The van der Waals surface area contributed by atoms with Crippen LogP contribution in [0, 0.1) is 6.92 Å². The van der Waals surface area contributed by atoms with Gasteiger partial charge in [-0.05, 0) is 24.5 Å². The van der Waals surface area contributed by atoms with E-state index in [0.717, 1.165) is 12.0 Å². The van der Waals surface area contributed by atoms with E-state index >= 15 is 0 Å². The van der Waals surface area contributed by atoms with Crippen molar-refractivity contribution < 1.29 is 4.79 Å². The summed E-state index contributed by atoms with van der Waals surface area (Å²) in [6, 6.07) is 8.41. The molecule has 0 radical (unpaired) electrons. The first-order valence-corrected chi connectivity index (χ1v) is 5.34. The second-order valence-electron chi connectivity index (χ2n) is 4.60. The zero-order chi connectivity index (χ0) is 11.1. The van der Waals surface area contributed by atoms with Gasteiger partial charge in [0, 0.05) is 11.8 Å². The fourth-order valence-electron chi connectivity index (χ4n) is 2.21. The van der Waals surface area contributed by atoms with Crippen LogP contribution >= 0.6 is 0 Å². The predicted molar refractivity (Wildman–Crippen MR) is 61.9 cm³/mol. The van der Waals surface area contributed by atoms with E-state index in [1.807, 2.05) is 0 Å². The summed E-state index contributed by atoms with van der Waals surface area (Å²) in [7, 11) is 0. The molecule has 1 atom stereocenters. The summed E-state index contributed by atoms with van der Waals surface area (Å²) in [5.41, 5.74) is 3.10. The molecule has 1 saturated carbocycles. The molecule has 1 fully saturated rings.